The molecule has 0 aliphatic heterocycles. The van der Waals surface area contributed by atoms with E-state index in [1.165, 1.54) is 0 Å². The summed E-state index contributed by atoms with van der Waals surface area (Å²) in [6.45, 7) is 0.667. The predicted molar refractivity (Wildman–Crippen MR) is 94.3 cm³/mol. The van der Waals surface area contributed by atoms with Gasteiger partial charge in [-0.05, 0) is 18.2 Å². The maximum atomic E-state index is 10.3. The average molecular weight is 342 g/mol. The maximum Gasteiger partial charge on any atom is 0.135 e. The van der Waals surface area contributed by atoms with Gasteiger partial charge in [0, 0.05) is 5.56 Å². The summed E-state index contributed by atoms with van der Waals surface area (Å²) < 4.78 is 12.7. The molecule has 0 spiro atoms. The molecule has 0 bridgehead atoms. The van der Waals surface area contributed by atoms with Gasteiger partial charge in [-0.2, -0.15) is 0 Å². The maximum absolute atomic E-state index is 10.3. The van der Waals surface area contributed by atoms with E-state index in [9.17, 15) is 10.2 Å². The van der Waals surface area contributed by atoms with Crippen molar-refractivity contribution in [1.29, 1.82) is 0 Å². The Bertz CT molecular complexity index is 831. The first-order valence-corrected chi connectivity index (χ1v) is 8.15. The smallest absolute Gasteiger partial charge is 0.135 e. The third kappa shape index (κ3) is 3.99. The number of rotatable bonds is 8. The molecule has 0 fully saturated rings. The molecule has 0 unspecified atom stereocenters. The number of benzene rings is 2. The van der Waals surface area contributed by atoms with Gasteiger partial charge in [0.15, 0.2) is 0 Å². The van der Waals surface area contributed by atoms with Crippen LogP contribution in [0.15, 0.2) is 48.5 Å². The first-order valence-electron chi connectivity index (χ1n) is 8.15. The lowest BCUT2D eigenvalue weighted by atomic mass is 10.2. The van der Waals surface area contributed by atoms with E-state index in [-0.39, 0.29) is 13.2 Å². The second-order valence-corrected chi connectivity index (χ2v) is 5.77. The average Bonchev–Trinajstić information content (AvgIpc) is 3.00. The molecule has 1 aromatic heterocycles. The van der Waals surface area contributed by atoms with Crippen LogP contribution in [0.2, 0.25) is 0 Å². The first kappa shape index (κ1) is 17.4. The standard InChI is InChI=1S/C19H22N2O4/c1-24-18-9-5-2-6-14(18)12-25-13-15(23)10-21-17-8-4-3-7-16(17)20-19(21)11-22/h2-9,15,22-23H,10-13H2,1H3/t15-/m1/s1. The van der Waals surface area contributed by atoms with Gasteiger partial charge >= 0.3 is 0 Å². The highest BCUT2D eigenvalue weighted by Gasteiger charge is 2.14. The zero-order chi connectivity index (χ0) is 17.6. The van der Waals surface area contributed by atoms with Gasteiger partial charge in [-0.3, -0.25) is 0 Å². The molecule has 1 atom stereocenters. The Hall–Kier alpha value is -2.41. The molecular formula is C19H22N2O4. The summed E-state index contributed by atoms with van der Waals surface area (Å²) >= 11 is 0. The van der Waals surface area contributed by atoms with Gasteiger partial charge in [-0.25, -0.2) is 4.98 Å². The van der Waals surface area contributed by atoms with Crippen LogP contribution in [0, 0.1) is 0 Å². The first-order chi connectivity index (χ1) is 12.2. The highest BCUT2D eigenvalue weighted by molar-refractivity contribution is 5.75. The Labute approximate surface area is 146 Å². The number of imidazole rings is 1. The van der Waals surface area contributed by atoms with Crippen molar-refractivity contribution in [3.8, 4) is 5.75 Å². The number of hydrogen-bond donors (Lipinski definition) is 2. The van der Waals surface area contributed by atoms with Crippen molar-refractivity contribution in [2.24, 2.45) is 0 Å². The van der Waals surface area contributed by atoms with Crippen molar-refractivity contribution in [1.82, 2.24) is 9.55 Å². The summed E-state index contributed by atoms with van der Waals surface area (Å²) in [6, 6.07) is 15.2. The van der Waals surface area contributed by atoms with E-state index < -0.39 is 6.10 Å². The number of para-hydroxylation sites is 3. The Morgan fingerprint density at radius 3 is 2.68 bits per heavy atom. The van der Waals surface area contributed by atoms with Crippen LogP contribution in [0.1, 0.15) is 11.4 Å². The van der Waals surface area contributed by atoms with Crippen LogP contribution in [-0.4, -0.2) is 39.6 Å². The van der Waals surface area contributed by atoms with Crippen LogP contribution in [-0.2, 0) is 24.5 Å². The highest BCUT2D eigenvalue weighted by Crippen LogP contribution is 2.19. The summed E-state index contributed by atoms with van der Waals surface area (Å²) in [7, 11) is 1.62. The molecular weight excluding hydrogens is 320 g/mol. The van der Waals surface area contributed by atoms with Crippen molar-refractivity contribution in [3.63, 3.8) is 0 Å². The third-order valence-electron chi connectivity index (χ3n) is 4.03. The summed E-state index contributed by atoms with van der Waals surface area (Å²) in [6.07, 6.45) is -0.711. The normalized spacial score (nSPS) is 12.4. The number of ether oxygens (including phenoxy) is 2. The molecule has 3 aromatic rings. The molecule has 0 saturated carbocycles. The van der Waals surface area contributed by atoms with Gasteiger partial charge in [0.2, 0.25) is 0 Å². The molecule has 0 saturated heterocycles. The molecule has 0 aliphatic carbocycles. The largest absolute Gasteiger partial charge is 0.496 e. The predicted octanol–water partition coefficient (Wildman–Crippen LogP) is 2.11. The molecule has 0 radical (unpaired) electrons. The van der Waals surface area contributed by atoms with Gasteiger partial charge < -0.3 is 24.3 Å². The second-order valence-electron chi connectivity index (χ2n) is 5.77. The molecule has 132 valence electrons. The topological polar surface area (TPSA) is 76.7 Å². The van der Waals surface area contributed by atoms with Crippen molar-refractivity contribution >= 4 is 11.0 Å². The van der Waals surface area contributed by atoms with Crippen LogP contribution in [0.25, 0.3) is 11.0 Å². The molecule has 3 rings (SSSR count). The SMILES string of the molecule is COc1ccccc1COC[C@H](O)Cn1c(CO)nc2ccccc21. The Balaban J connectivity index is 1.62. The van der Waals surface area contributed by atoms with E-state index in [1.54, 1.807) is 7.11 Å². The number of fused-ring (bicyclic) bond motifs is 1. The van der Waals surface area contributed by atoms with E-state index >= 15 is 0 Å². The summed E-state index contributed by atoms with van der Waals surface area (Å²) in [5, 5.41) is 19.8. The molecule has 1 heterocycles. The van der Waals surface area contributed by atoms with Crippen LogP contribution < -0.4 is 4.74 Å². The summed E-state index contributed by atoms with van der Waals surface area (Å²) in [5.41, 5.74) is 2.62. The number of hydrogen-bond acceptors (Lipinski definition) is 5. The zero-order valence-electron chi connectivity index (χ0n) is 14.1. The van der Waals surface area contributed by atoms with Crippen molar-refractivity contribution in [2.75, 3.05) is 13.7 Å². The van der Waals surface area contributed by atoms with E-state index in [4.69, 9.17) is 9.47 Å². The van der Waals surface area contributed by atoms with E-state index in [1.807, 2.05) is 53.1 Å². The summed E-state index contributed by atoms with van der Waals surface area (Å²) in [5.74, 6) is 1.30. The number of aliphatic hydroxyl groups excluding tert-OH is 2. The zero-order valence-corrected chi connectivity index (χ0v) is 14.1. The Kier molecular flexibility index (Phi) is 5.65. The molecule has 6 nitrogen and oxygen atoms in total. The fraction of sp³-hybridized carbons (Fsp3) is 0.316. The van der Waals surface area contributed by atoms with Crippen molar-refractivity contribution in [3.05, 3.63) is 59.9 Å². The van der Waals surface area contributed by atoms with Crippen LogP contribution in [0.4, 0.5) is 0 Å². The molecule has 2 aromatic carbocycles. The quantitative estimate of drug-likeness (QED) is 0.656. The van der Waals surface area contributed by atoms with Crippen LogP contribution in [0.3, 0.4) is 0 Å². The second kappa shape index (κ2) is 8.11. The monoisotopic (exact) mass is 342 g/mol. The number of nitrogens with zero attached hydrogens (tertiary/aromatic N) is 2. The molecule has 0 aliphatic rings. The lowest BCUT2D eigenvalue weighted by Crippen LogP contribution is -2.23. The van der Waals surface area contributed by atoms with E-state index in [0.29, 0.717) is 19.0 Å². The van der Waals surface area contributed by atoms with Gasteiger partial charge in [0.25, 0.3) is 0 Å². The third-order valence-corrected chi connectivity index (χ3v) is 4.03. The lowest BCUT2D eigenvalue weighted by molar-refractivity contribution is 0.0195. The molecule has 25 heavy (non-hydrogen) atoms. The van der Waals surface area contributed by atoms with E-state index in [0.717, 1.165) is 22.3 Å². The van der Waals surface area contributed by atoms with Gasteiger partial charge in [-0.15, -0.1) is 0 Å². The Morgan fingerprint density at radius 1 is 1.12 bits per heavy atom. The van der Waals surface area contributed by atoms with Crippen LogP contribution in [0.5, 0.6) is 5.75 Å². The molecule has 2 N–H and O–H groups in total. The summed E-state index contributed by atoms with van der Waals surface area (Å²) in [4.78, 5) is 4.38. The highest BCUT2D eigenvalue weighted by atomic mass is 16.5. The lowest BCUT2D eigenvalue weighted by Gasteiger charge is -2.15. The number of aliphatic hydroxyl groups is 2. The van der Waals surface area contributed by atoms with Crippen LogP contribution >= 0.6 is 0 Å². The van der Waals surface area contributed by atoms with Crippen molar-refractivity contribution < 1.29 is 19.7 Å². The van der Waals surface area contributed by atoms with Gasteiger partial charge in [-0.1, -0.05) is 30.3 Å². The van der Waals surface area contributed by atoms with E-state index in [2.05, 4.69) is 4.98 Å². The number of methoxy groups -OCH3 is 1. The number of aromatic nitrogens is 2. The fourth-order valence-corrected chi connectivity index (χ4v) is 2.84. The molecule has 0 amide bonds. The Morgan fingerprint density at radius 2 is 1.88 bits per heavy atom. The minimum Gasteiger partial charge on any atom is -0.496 e. The fourth-order valence-electron chi connectivity index (χ4n) is 2.84. The minimum atomic E-state index is -0.711. The van der Waals surface area contributed by atoms with Crippen molar-refractivity contribution in [2.45, 2.75) is 25.9 Å². The van der Waals surface area contributed by atoms with Gasteiger partial charge in [0.05, 0.1) is 44.0 Å². The minimum absolute atomic E-state index is 0.176. The van der Waals surface area contributed by atoms with Gasteiger partial charge in [0.1, 0.15) is 18.2 Å². The molecule has 6 heteroatoms.